The van der Waals surface area contributed by atoms with E-state index in [1.165, 1.54) is 6.08 Å². The molecule has 0 amide bonds. The Morgan fingerprint density at radius 2 is 2.23 bits per heavy atom. The number of aliphatic hydroxyl groups is 2. The Morgan fingerprint density at radius 3 is 2.69 bits per heavy atom. The average molecular weight is 184 g/mol. The van der Waals surface area contributed by atoms with E-state index in [1.807, 2.05) is 0 Å². The zero-order valence-electron chi connectivity index (χ0n) is 6.77. The Bertz CT molecular complexity index is 321. The zero-order chi connectivity index (χ0) is 9.64. The van der Waals surface area contributed by atoms with Gasteiger partial charge in [-0.1, -0.05) is 0 Å². The average Bonchev–Trinajstić information content (AvgIpc) is 2.77. The van der Waals surface area contributed by atoms with Gasteiger partial charge in [0.25, 0.3) is 0 Å². The summed E-state index contributed by atoms with van der Waals surface area (Å²) in [5.74, 6) is -1.48. The van der Waals surface area contributed by atoms with Crippen LogP contribution in [-0.2, 0) is 4.79 Å². The molecule has 4 heteroatoms. The van der Waals surface area contributed by atoms with Crippen molar-refractivity contribution >= 4 is 5.78 Å². The molecule has 2 aliphatic carbocycles. The first-order valence-corrected chi connectivity index (χ1v) is 4.05. The van der Waals surface area contributed by atoms with Crippen molar-refractivity contribution in [1.82, 2.24) is 0 Å². The van der Waals surface area contributed by atoms with Gasteiger partial charge in [-0.3, -0.25) is 4.79 Å². The van der Waals surface area contributed by atoms with Crippen molar-refractivity contribution in [2.75, 3.05) is 0 Å². The lowest BCUT2D eigenvalue weighted by molar-refractivity contribution is -0.130. The van der Waals surface area contributed by atoms with Crippen LogP contribution in [0.3, 0.4) is 0 Å². The minimum Gasteiger partial charge on any atom is -0.508 e. The number of carbonyl (C=O) groups excluding carboxylic acids is 1. The highest BCUT2D eigenvalue weighted by atomic mass is 19.1. The molecule has 0 aliphatic heterocycles. The molecule has 3 unspecified atom stereocenters. The van der Waals surface area contributed by atoms with Gasteiger partial charge in [0.2, 0.25) is 0 Å². The SMILES string of the molecule is O=C1C=C(O)C=CC1(O)C1CC1F. The summed E-state index contributed by atoms with van der Waals surface area (Å²) < 4.78 is 12.6. The summed E-state index contributed by atoms with van der Waals surface area (Å²) in [6, 6.07) is 0. The van der Waals surface area contributed by atoms with Crippen LogP contribution in [0, 0.1) is 5.92 Å². The zero-order valence-corrected chi connectivity index (χ0v) is 6.77. The van der Waals surface area contributed by atoms with Gasteiger partial charge in [-0.05, 0) is 18.6 Å². The molecule has 1 fully saturated rings. The van der Waals surface area contributed by atoms with E-state index in [1.54, 1.807) is 0 Å². The van der Waals surface area contributed by atoms with Crippen molar-refractivity contribution in [2.24, 2.45) is 5.92 Å². The minimum absolute atomic E-state index is 0.203. The minimum atomic E-state index is -1.73. The van der Waals surface area contributed by atoms with Gasteiger partial charge in [0.05, 0.1) is 0 Å². The maximum atomic E-state index is 12.6. The number of hydrogen-bond acceptors (Lipinski definition) is 3. The van der Waals surface area contributed by atoms with Gasteiger partial charge in [-0.2, -0.15) is 0 Å². The number of aliphatic hydroxyl groups excluding tert-OH is 1. The smallest absolute Gasteiger partial charge is 0.195 e. The summed E-state index contributed by atoms with van der Waals surface area (Å²) in [7, 11) is 0. The Morgan fingerprint density at radius 1 is 1.62 bits per heavy atom. The van der Waals surface area contributed by atoms with E-state index in [4.69, 9.17) is 5.11 Å². The highest BCUT2D eigenvalue weighted by molar-refractivity contribution is 6.01. The van der Waals surface area contributed by atoms with Crippen LogP contribution in [0.2, 0.25) is 0 Å². The van der Waals surface area contributed by atoms with E-state index < -0.39 is 23.5 Å². The Balaban J connectivity index is 2.26. The molecular weight excluding hydrogens is 175 g/mol. The van der Waals surface area contributed by atoms with Crippen molar-refractivity contribution in [3.8, 4) is 0 Å². The Labute approximate surface area is 74.2 Å². The van der Waals surface area contributed by atoms with Crippen molar-refractivity contribution in [1.29, 1.82) is 0 Å². The first kappa shape index (κ1) is 8.44. The lowest BCUT2D eigenvalue weighted by atomic mass is 9.88. The first-order chi connectivity index (χ1) is 6.04. The van der Waals surface area contributed by atoms with E-state index in [9.17, 15) is 14.3 Å². The lowest BCUT2D eigenvalue weighted by Gasteiger charge is -2.23. The van der Waals surface area contributed by atoms with Crippen LogP contribution in [0.1, 0.15) is 6.42 Å². The number of rotatable bonds is 1. The van der Waals surface area contributed by atoms with E-state index in [0.29, 0.717) is 0 Å². The van der Waals surface area contributed by atoms with Crippen LogP contribution in [0.15, 0.2) is 24.0 Å². The summed E-state index contributed by atoms with van der Waals surface area (Å²) in [4.78, 5) is 11.2. The predicted molar refractivity (Wildman–Crippen MR) is 42.8 cm³/mol. The van der Waals surface area contributed by atoms with Gasteiger partial charge in [-0.25, -0.2) is 4.39 Å². The van der Waals surface area contributed by atoms with Crippen LogP contribution in [0.5, 0.6) is 0 Å². The molecule has 0 spiro atoms. The van der Waals surface area contributed by atoms with Crippen LogP contribution >= 0.6 is 0 Å². The second-order valence-electron chi connectivity index (χ2n) is 3.45. The van der Waals surface area contributed by atoms with Crippen LogP contribution < -0.4 is 0 Å². The number of alkyl halides is 1. The number of ketones is 1. The molecule has 2 aliphatic rings. The molecule has 2 rings (SSSR count). The third-order valence-corrected chi connectivity index (χ3v) is 2.46. The molecule has 0 radical (unpaired) electrons. The molecule has 3 nitrogen and oxygen atoms in total. The summed E-state index contributed by atoms with van der Waals surface area (Å²) >= 11 is 0. The molecule has 3 atom stereocenters. The molecular formula is C9H9FO3. The largest absolute Gasteiger partial charge is 0.508 e. The van der Waals surface area contributed by atoms with Gasteiger partial charge < -0.3 is 10.2 Å². The quantitative estimate of drug-likeness (QED) is 0.629. The van der Waals surface area contributed by atoms with Crippen LogP contribution in [0.4, 0.5) is 4.39 Å². The van der Waals surface area contributed by atoms with Gasteiger partial charge >= 0.3 is 0 Å². The second kappa shape index (κ2) is 2.42. The molecule has 0 saturated heterocycles. The molecule has 1 saturated carbocycles. The monoisotopic (exact) mass is 184 g/mol. The maximum absolute atomic E-state index is 12.6. The van der Waals surface area contributed by atoms with Gasteiger partial charge in [0, 0.05) is 12.0 Å². The summed E-state index contributed by atoms with van der Waals surface area (Å²) in [6.45, 7) is 0. The van der Waals surface area contributed by atoms with E-state index in [0.717, 1.165) is 12.2 Å². The standard InChI is InChI=1S/C9H9FO3/c10-7-4-6(7)9(13)2-1-5(11)3-8(9)12/h1-3,6-7,11,13H,4H2. The van der Waals surface area contributed by atoms with Crippen LogP contribution in [-0.4, -0.2) is 27.8 Å². The highest BCUT2D eigenvalue weighted by Gasteiger charge is 2.55. The van der Waals surface area contributed by atoms with E-state index in [-0.39, 0.29) is 12.2 Å². The second-order valence-corrected chi connectivity index (χ2v) is 3.45. The topological polar surface area (TPSA) is 57.5 Å². The van der Waals surface area contributed by atoms with Gasteiger partial charge in [-0.15, -0.1) is 0 Å². The van der Waals surface area contributed by atoms with Crippen molar-refractivity contribution in [3.05, 3.63) is 24.0 Å². The normalized spacial score (nSPS) is 43.2. The number of carbonyl (C=O) groups is 1. The maximum Gasteiger partial charge on any atom is 0.195 e. The molecule has 0 heterocycles. The molecule has 13 heavy (non-hydrogen) atoms. The predicted octanol–water partition coefficient (Wildman–Crippen LogP) is 0.656. The number of hydrogen-bond donors (Lipinski definition) is 2. The molecule has 2 N–H and O–H groups in total. The van der Waals surface area contributed by atoms with E-state index in [2.05, 4.69) is 0 Å². The number of halogens is 1. The third-order valence-electron chi connectivity index (χ3n) is 2.46. The molecule has 70 valence electrons. The fourth-order valence-corrected chi connectivity index (χ4v) is 1.52. The number of allylic oxidation sites excluding steroid dienone is 1. The first-order valence-electron chi connectivity index (χ1n) is 4.05. The van der Waals surface area contributed by atoms with E-state index >= 15 is 0 Å². The Hall–Kier alpha value is -1.16. The van der Waals surface area contributed by atoms with Gasteiger partial charge in [0.1, 0.15) is 11.9 Å². The molecule has 0 aromatic carbocycles. The molecule has 0 aromatic rings. The summed E-state index contributed by atoms with van der Waals surface area (Å²) in [6.07, 6.45) is 2.40. The summed E-state index contributed by atoms with van der Waals surface area (Å²) in [5, 5.41) is 18.7. The lowest BCUT2D eigenvalue weighted by Crippen LogP contribution is -2.40. The van der Waals surface area contributed by atoms with Crippen molar-refractivity contribution in [3.63, 3.8) is 0 Å². The highest BCUT2D eigenvalue weighted by Crippen LogP contribution is 2.45. The molecule has 0 aromatic heterocycles. The van der Waals surface area contributed by atoms with Crippen molar-refractivity contribution in [2.45, 2.75) is 18.2 Å². The Kier molecular flexibility index (Phi) is 1.57. The molecule has 0 bridgehead atoms. The van der Waals surface area contributed by atoms with Gasteiger partial charge in [0.15, 0.2) is 11.4 Å². The van der Waals surface area contributed by atoms with Crippen LogP contribution in [0.25, 0.3) is 0 Å². The van der Waals surface area contributed by atoms with Crippen molar-refractivity contribution < 1.29 is 19.4 Å². The third kappa shape index (κ3) is 1.18. The summed E-state index contributed by atoms with van der Waals surface area (Å²) in [5.41, 5.74) is -1.73. The fourth-order valence-electron chi connectivity index (χ4n) is 1.52. The fraction of sp³-hybridized carbons (Fsp3) is 0.444.